The molecule has 1 heterocycles. The second kappa shape index (κ2) is 3.38. The van der Waals surface area contributed by atoms with Crippen molar-refractivity contribution in [2.24, 2.45) is 0 Å². The van der Waals surface area contributed by atoms with Gasteiger partial charge < -0.3 is 9.73 Å². The summed E-state index contributed by atoms with van der Waals surface area (Å²) in [5, 5.41) is 3.12. The summed E-state index contributed by atoms with van der Waals surface area (Å²) < 4.78 is 5.76. The maximum Gasteiger partial charge on any atom is 0.121 e. The van der Waals surface area contributed by atoms with Gasteiger partial charge in [-0.1, -0.05) is 12.2 Å². The second-order valence-corrected chi connectivity index (χ2v) is 3.46. The van der Waals surface area contributed by atoms with Gasteiger partial charge in [0.1, 0.15) is 11.5 Å². The lowest BCUT2D eigenvalue weighted by atomic mass is 10.0. The summed E-state index contributed by atoms with van der Waals surface area (Å²) >= 11 is 0. The molecule has 1 aromatic heterocycles. The number of hydrogen-bond donors (Lipinski definition) is 1. The van der Waals surface area contributed by atoms with Crippen LogP contribution in [0.1, 0.15) is 29.1 Å². The van der Waals surface area contributed by atoms with E-state index >= 15 is 0 Å². The summed E-state index contributed by atoms with van der Waals surface area (Å²) in [5.41, 5.74) is 2.59. The molecule has 1 N–H and O–H groups in total. The quantitative estimate of drug-likeness (QED) is 0.749. The number of hydrogen-bond acceptors (Lipinski definition) is 2. The Morgan fingerprint density at radius 2 is 2.38 bits per heavy atom. The number of allylic oxidation sites excluding steroid dienone is 1. The van der Waals surface area contributed by atoms with E-state index in [9.17, 15) is 0 Å². The van der Waals surface area contributed by atoms with Crippen LogP contribution in [0.3, 0.4) is 0 Å². The Hall–Kier alpha value is -1.02. The second-order valence-electron chi connectivity index (χ2n) is 3.46. The van der Waals surface area contributed by atoms with E-state index in [1.165, 1.54) is 11.1 Å². The van der Waals surface area contributed by atoms with Crippen molar-refractivity contribution in [3.8, 4) is 0 Å². The van der Waals surface area contributed by atoms with Crippen molar-refractivity contribution in [3.63, 3.8) is 0 Å². The summed E-state index contributed by atoms with van der Waals surface area (Å²) in [6, 6.07) is 0. The minimum atomic E-state index is 0.826. The van der Waals surface area contributed by atoms with E-state index in [1.807, 2.05) is 7.05 Å². The van der Waals surface area contributed by atoms with Gasteiger partial charge in [0.2, 0.25) is 0 Å². The highest BCUT2D eigenvalue weighted by Crippen LogP contribution is 2.27. The zero-order valence-corrected chi connectivity index (χ0v) is 8.18. The molecule has 2 nitrogen and oxygen atoms in total. The van der Waals surface area contributed by atoms with Crippen LogP contribution in [-0.2, 0) is 13.0 Å². The monoisotopic (exact) mass is 177 g/mol. The SMILES string of the molecule is CNCc1oc2c(c1C)C=CCC2. The molecule has 1 aromatic rings. The molecule has 0 saturated heterocycles. The highest BCUT2D eigenvalue weighted by atomic mass is 16.3. The maximum absolute atomic E-state index is 5.76. The molecular weight excluding hydrogens is 162 g/mol. The Morgan fingerprint density at radius 1 is 1.54 bits per heavy atom. The summed E-state index contributed by atoms with van der Waals surface area (Å²) in [7, 11) is 1.94. The fraction of sp³-hybridized carbons (Fsp3) is 0.455. The molecule has 1 aliphatic rings. The third-order valence-corrected chi connectivity index (χ3v) is 2.53. The number of rotatable bonds is 2. The van der Waals surface area contributed by atoms with E-state index in [0.717, 1.165) is 30.9 Å². The zero-order chi connectivity index (χ0) is 9.26. The fourth-order valence-electron chi connectivity index (χ4n) is 1.79. The minimum Gasteiger partial charge on any atom is -0.464 e. The first-order valence-corrected chi connectivity index (χ1v) is 4.75. The van der Waals surface area contributed by atoms with Gasteiger partial charge in [0.25, 0.3) is 0 Å². The van der Waals surface area contributed by atoms with Gasteiger partial charge >= 0.3 is 0 Å². The van der Waals surface area contributed by atoms with Crippen LogP contribution in [-0.4, -0.2) is 7.05 Å². The van der Waals surface area contributed by atoms with E-state index in [0.29, 0.717) is 0 Å². The lowest BCUT2D eigenvalue weighted by Gasteiger charge is -2.01. The summed E-state index contributed by atoms with van der Waals surface area (Å²) in [5.74, 6) is 2.24. The van der Waals surface area contributed by atoms with E-state index < -0.39 is 0 Å². The van der Waals surface area contributed by atoms with E-state index in [2.05, 4.69) is 24.4 Å². The molecule has 0 aromatic carbocycles. The van der Waals surface area contributed by atoms with Crippen molar-refractivity contribution in [2.45, 2.75) is 26.3 Å². The third-order valence-electron chi connectivity index (χ3n) is 2.53. The topological polar surface area (TPSA) is 25.2 Å². The van der Waals surface area contributed by atoms with Crippen molar-refractivity contribution >= 4 is 6.08 Å². The molecule has 0 atom stereocenters. The molecule has 0 radical (unpaired) electrons. The van der Waals surface area contributed by atoms with Gasteiger partial charge in [-0.25, -0.2) is 0 Å². The molecule has 13 heavy (non-hydrogen) atoms. The van der Waals surface area contributed by atoms with E-state index in [-0.39, 0.29) is 0 Å². The molecule has 0 spiro atoms. The molecule has 0 bridgehead atoms. The van der Waals surface area contributed by atoms with Crippen LogP contribution < -0.4 is 5.32 Å². The van der Waals surface area contributed by atoms with Gasteiger partial charge in [-0.2, -0.15) is 0 Å². The summed E-state index contributed by atoms with van der Waals surface area (Å²) in [4.78, 5) is 0. The fourth-order valence-corrected chi connectivity index (χ4v) is 1.79. The van der Waals surface area contributed by atoms with Crippen molar-refractivity contribution in [1.29, 1.82) is 0 Å². The van der Waals surface area contributed by atoms with E-state index in [4.69, 9.17) is 4.42 Å². The Bertz CT molecular complexity index is 336. The lowest BCUT2D eigenvalue weighted by Crippen LogP contribution is -2.04. The molecule has 70 valence electrons. The first kappa shape index (κ1) is 8.57. The predicted octanol–water partition coefficient (Wildman–Crippen LogP) is 2.27. The molecule has 0 aliphatic heterocycles. The Morgan fingerprint density at radius 3 is 3.08 bits per heavy atom. The van der Waals surface area contributed by atoms with Gasteiger partial charge in [0.05, 0.1) is 6.54 Å². The molecule has 0 saturated carbocycles. The highest BCUT2D eigenvalue weighted by Gasteiger charge is 2.15. The van der Waals surface area contributed by atoms with Crippen LogP contribution in [0.5, 0.6) is 0 Å². The number of furan rings is 1. The van der Waals surface area contributed by atoms with Gasteiger partial charge in [-0.05, 0) is 26.0 Å². The van der Waals surface area contributed by atoms with Crippen molar-refractivity contribution in [3.05, 3.63) is 28.7 Å². The number of aryl methyl sites for hydroxylation is 1. The average Bonchev–Trinajstić information content (AvgIpc) is 2.46. The molecule has 0 amide bonds. The molecule has 1 aliphatic carbocycles. The highest BCUT2D eigenvalue weighted by molar-refractivity contribution is 5.58. The van der Waals surface area contributed by atoms with Gasteiger partial charge in [0.15, 0.2) is 0 Å². The lowest BCUT2D eigenvalue weighted by molar-refractivity contribution is 0.452. The first-order valence-electron chi connectivity index (χ1n) is 4.75. The van der Waals surface area contributed by atoms with Crippen LogP contribution in [0.25, 0.3) is 6.08 Å². The largest absolute Gasteiger partial charge is 0.464 e. The van der Waals surface area contributed by atoms with Crippen molar-refractivity contribution < 1.29 is 4.42 Å². The number of nitrogens with one attached hydrogen (secondary N) is 1. The smallest absolute Gasteiger partial charge is 0.121 e. The maximum atomic E-state index is 5.76. The molecule has 2 rings (SSSR count). The molecule has 0 unspecified atom stereocenters. The van der Waals surface area contributed by atoms with Crippen molar-refractivity contribution in [2.75, 3.05) is 7.05 Å². The normalized spacial score (nSPS) is 14.6. The standard InChI is InChI=1S/C11H15NO/c1-8-9-5-3-4-6-10(9)13-11(8)7-12-2/h3,5,12H,4,6-7H2,1-2H3. The van der Waals surface area contributed by atoms with Gasteiger partial charge in [-0.3, -0.25) is 0 Å². The first-order chi connectivity index (χ1) is 6.33. The molecule has 2 heteroatoms. The zero-order valence-electron chi connectivity index (χ0n) is 8.18. The summed E-state index contributed by atoms with van der Waals surface area (Å²) in [6.07, 6.45) is 6.56. The van der Waals surface area contributed by atoms with Crippen molar-refractivity contribution in [1.82, 2.24) is 5.32 Å². The Balaban J connectivity index is 2.40. The molecular formula is C11H15NO. The van der Waals surface area contributed by atoms with Crippen LogP contribution >= 0.6 is 0 Å². The van der Waals surface area contributed by atoms with Gasteiger partial charge in [-0.15, -0.1) is 0 Å². The molecule has 0 fully saturated rings. The predicted molar refractivity (Wildman–Crippen MR) is 53.6 cm³/mol. The van der Waals surface area contributed by atoms with E-state index in [1.54, 1.807) is 0 Å². The van der Waals surface area contributed by atoms with Crippen LogP contribution in [0, 0.1) is 6.92 Å². The van der Waals surface area contributed by atoms with Crippen LogP contribution in [0.4, 0.5) is 0 Å². The van der Waals surface area contributed by atoms with Crippen LogP contribution in [0.15, 0.2) is 10.5 Å². The number of fused-ring (bicyclic) bond motifs is 1. The minimum absolute atomic E-state index is 0.826. The summed E-state index contributed by atoms with van der Waals surface area (Å²) in [6.45, 7) is 2.96. The van der Waals surface area contributed by atoms with Gasteiger partial charge in [0, 0.05) is 12.0 Å². The van der Waals surface area contributed by atoms with Crippen LogP contribution in [0.2, 0.25) is 0 Å². The average molecular weight is 177 g/mol. The Kier molecular flexibility index (Phi) is 2.23. The Labute approximate surface area is 78.6 Å². The third kappa shape index (κ3) is 1.42.